The van der Waals surface area contributed by atoms with E-state index in [9.17, 15) is 4.79 Å². The molecule has 0 saturated carbocycles. The molecule has 0 unspecified atom stereocenters. The number of hydrogen-bond donors (Lipinski definition) is 1. The zero-order valence-electron chi connectivity index (χ0n) is 9.59. The van der Waals surface area contributed by atoms with Crippen molar-refractivity contribution in [3.8, 4) is 0 Å². The van der Waals surface area contributed by atoms with Gasteiger partial charge in [-0.1, -0.05) is 13.0 Å². The topological polar surface area (TPSA) is 53.4 Å². The predicted octanol–water partition coefficient (Wildman–Crippen LogP) is 1.77. The highest BCUT2D eigenvalue weighted by Crippen LogP contribution is 2.02. The lowest BCUT2D eigenvalue weighted by atomic mass is 10.2. The summed E-state index contributed by atoms with van der Waals surface area (Å²) >= 11 is 0. The Hall–Kier alpha value is -1.42. The molecule has 0 fully saturated rings. The molecule has 0 aromatic carbocycles. The minimum Gasteiger partial charge on any atom is -0.481 e. The molecular weight excluding hydrogens is 204 g/mol. The fourth-order valence-corrected chi connectivity index (χ4v) is 1.52. The first-order valence-electron chi connectivity index (χ1n) is 5.56. The number of hydrogen-bond acceptors (Lipinski definition) is 3. The van der Waals surface area contributed by atoms with E-state index < -0.39 is 5.97 Å². The van der Waals surface area contributed by atoms with E-state index in [4.69, 9.17) is 5.11 Å². The summed E-state index contributed by atoms with van der Waals surface area (Å²) in [5.41, 5.74) is 1.03. The molecule has 1 rings (SSSR count). The van der Waals surface area contributed by atoms with Gasteiger partial charge in [0.15, 0.2) is 0 Å². The molecule has 4 heteroatoms. The molecular formula is C12H18N2O2. The lowest BCUT2D eigenvalue weighted by Crippen LogP contribution is -2.24. The highest BCUT2D eigenvalue weighted by atomic mass is 16.4. The summed E-state index contributed by atoms with van der Waals surface area (Å²) in [5.74, 6) is -0.728. The number of carboxylic acids is 1. The van der Waals surface area contributed by atoms with Gasteiger partial charge in [0.05, 0.1) is 5.69 Å². The van der Waals surface area contributed by atoms with Crippen LogP contribution < -0.4 is 0 Å². The van der Waals surface area contributed by atoms with Crippen LogP contribution in [0.15, 0.2) is 24.4 Å². The first kappa shape index (κ1) is 12.6. The number of carbonyl (C=O) groups is 1. The maximum Gasteiger partial charge on any atom is 0.303 e. The number of nitrogens with zero attached hydrogens (tertiary/aromatic N) is 2. The molecule has 0 bridgehead atoms. The Balaban J connectivity index is 2.34. The molecule has 0 spiro atoms. The van der Waals surface area contributed by atoms with Gasteiger partial charge in [-0.3, -0.25) is 14.7 Å². The van der Waals surface area contributed by atoms with Crippen molar-refractivity contribution in [3.05, 3.63) is 30.1 Å². The second kappa shape index (κ2) is 6.95. The van der Waals surface area contributed by atoms with Crippen LogP contribution in [0.5, 0.6) is 0 Å². The van der Waals surface area contributed by atoms with Crippen LogP contribution in [0, 0.1) is 0 Å². The maximum atomic E-state index is 10.4. The fourth-order valence-electron chi connectivity index (χ4n) is 1.52. The number of carboxylic acid groups (broad SMARTS) is 1. The Labute approximate surface area is 95.9 Å². The summed E-state index contributed by atoms with van der Waals surface area (Å²) in [7, 11) is 0. The third-order valence-corrected chi connectivity index (χ3v) is 2.42. The molecule has 16 heavy (non-hydrogen) atoms. The van der Waals surface area contributed by atoms with Crippen molar-refractivity contribution in [2.45, 2.75) is 26.3 Å². The Morgan fingerprint density at radius 2 is 2.31 bits per heavy atom. The van der Waals surface area contributed by atoms with Gasteiger partial charge in [-0.15, -0.1) is 0 Å². The van der Waals surface area contributed by atoms with Crippen molar-refractivity contribution in [2.24, 2.45) is 0 Å². The van der Waals surface area contributed by atoms with Crippen LogP contribution in [0.3, 0.4) is 0 Å². The molecule has 0 radical (unpaired) electrons. The van der Waals surface area contributed by atoms with E-state index in [2.05, 4.69) is 16.8 Å². The summed E-state index contributed by atoms with van der Waals surface area (Å²) in [5, 5.41) is 8.56. The van der Waals surface area contributed by atoms with Crippen molar-refractivity contribution in [1.29, 1.82) is 0 Å². The third kappa shape index (κ3) is 4.89. The van der Waals surface area contributed by atoms with Crippen molar-refractivity contribution in [3.63, 3.8) is 0 Å². The van der Waals surface area contributed by atoms with Crippen molar-refractivity contribution in [2.75, 3.05) is 13.1 Å². The van der Waals surface area contributed by atoms with Gasteiger partial charge in [-0.2, -0.15) is 0 Å². The van der Waals surface area contributed by atoms with Crippen LogP contribution in [0.25, 0.3) is 0 Å². The summed E-state index contributed by atoms with van der Waals surface area (Å²) in [6.07, 6.45) is 2.70. The number of aliphatic carboxylic acids is 1. The first-order valence-corrected chi connectivity index (χ1v) is 5.56. The summed E-state index contributed by atoms with van der Waals surface area (Å²) < 4.78 is 0. The minimum atomic E-state index is -0.728. The molecule has 0 saturated heterocycles. The first-order chi connectivity index (χ1) is 7.72. The van der Waals surface area contributed by atoms with Crippen molar-refractivity contribution in [1.82, 2.24) is 9.88 Å². The van der Waals surface area contributed by atoms with E-state index in [1.165, 1.54) is 0 Å². The molecule has 0 amide bonds. The molecule has 0 aliphatic rings. The zero-order valence-corrected chi connectivity index (χ0v) is 9.59. The highest BCUT2D eigenvalue weighted by molar-refractivity contribution is 5.66. The average molecular weight is 222 g/mol. The Morgan fingerprint density at radius 1 is 1.50 bits per heavy atom. The normalized spacial score (nSPS) is 10.6. The monoisotopic (exact) mass is 222 g/mol. The van der Waals surface area contributed by atoms with Crippen LogP contribution in [-0.2, 0) is 11.3 Å². The molecule has 1 heterocycles. The molecule has 1 N–H and O–H groups in total. The van der Waals surface area contributed by atoms with E-state index in [-0.39, 0.29) is 6.42 Å². The average Bonchev–Trinajstić information content (AvgIpc) is 2.28. The smallest absolute Gasteiger partial charge is 0.303 e. The fraction of sp³-hybridized carbons (Fsp3) is 0.500. The van der Waals surface area contributed by atoms with Gasteiger partial charge in [-0.25, -0.2) is 0 Å². The number of aromatic nitrogens is 1. The van der Waals surface area contributed by atoms with E-state index in [1.54, 1.807) is 6.20 Å². The summed E-state index contributed by atoms with van der Waals surface area (Å²) in [4.78, 5) is 16.8. The number of pyridine rings is 1. The Kier molecular flexibility index (Phi) is 5.50. The van der Waals surface area contributed by atoms with Crippen molar-refractivity contribution < 1.29 is 9.90 Å². The van der Waals surface area contributed by atoms with Crippen LogP contribution in [0.1, 0.15) is 25.5 Å². The lowest BCUT2D eigenvalue weighted by molar-refractivity contribution is -0.137. The predicted molar refractivity (Wildman–Crippen MR) is 62.1 cm³/mol. The van der Waals surface area contributed by atoms with Gasteiger partial charge >= 0.3 is 5.97 Å². The molecule has 0 aliphatic heterocycles. The summed E-state index contributed by atoms with van der Waals surface area (Å²) in [6, 6.07) is 5.84. The van der Waals surface area contributed by atoms with E-state index in [1.807, 2.05) is 18.2 Å². The Morgan fingerprint density at radius 3 is 2.88 bits per heavy atom. The van der Waals surface area contributed by atoms with Gasteiger partial charge < -0.3 is 5.11 Å². The minimum absolute atomic E-state index is 0.235. The lowest BCUT2D eigenvalue weighted by Gasteiger charge is -2.19. The van der Waals surface area contributed by atoms with Crippen LogP contribution in [0.2, 0.25) is 0 Å². The van der Waals surface area contributed by atoms with Gasteiger partial charge in [-0.05, 0) is 31.6 Å². The Bertz CT molecular complexity index is 314. The van der Waals surface area contributed by atoms with Crippen molar-refractivity contribution >= 4 is 5.97 Å². The molecule has 1 aromatic heterocycles. The van der Waals surface area contributed by atoms with Gasteiger partial charge in [0.2, 0.25) is 0 Å². The van der Waals surface area contributed by atoms with Crippen LogP contribution in [0.4, 0.5) is 0 Å². The largest absolute Gasteiger partial charge is 0.481 e. The SMILES string of the molecule is CCN(CCCC(=O)O)Cc1ccccn1. The molecule has 1 aromatic rings. The van der Waals surface area contributed by atoms with Gasteiger partial charge in [0.1, 0.15) is 0 Å². The van der Waals surface area contributed by atoms with Crippen LogP contribution in [-0.4, -0.2) is 34.0 Å². The summed E-state index contributed by atoms with van der Waals surface area (Å²) in [6.45, 7) is 4.58. The maximum absolute atomic E-state index is 10.4. The van der Waals surface area contributed by atoms with E-state index in [0.717, 1.165) is 25.3 Å². The second-order valence-corrected chi connectivity index (χ2v) is 3.69. The molecule has 0 aliphatic carbocycles. The standard InChI is InChI=1S/C12H18N2O2/c1-2-14(9-5-7-12(15)16)10-11-6-3-4-8-13-11/h3-4,6,8H,2,5,7,9-10H2,1H3,(H,15,16). The molecule has 88 valence electrons. The van der Waals surface area contributed by atoms with Gasteiger partial charge in [0.25, 0.3) is 0 Å². The quantitative estimate of drug-likeness (QED) is 0.764. The number of rotatable bonds is 7. The van der Waals surface area contributed by atoms with E-state index >= 15 is 0 Å². The second-order valence-electron chi connectivity index (χ2n) is 3.69. The van der Waals surface area contributed by atoms with E-state index in [0.29, 0.717) is 6.42 Å². The molecule has 0 atom stereocenters. The van der Waals surface area contributed by atoms with Crippen LogP contribution >= 0.6 is 0 Å². The van der Waals surface area contributed by atoms with Gasteiger partial charge in [0, 0.05) is 19.2 Å². The molecule has 4 nitrogen and oxygen atoms in total. The zero-order chi connectivity index (χ0) is 11.8. The highest BCUT2D eigenvalue weighted by Gasteiger charge is 2.05. The third-order valence-electron chi connectivity index (χ3n) is 2.42.